The second-order valence-corrected chi connectivity index (χ2v) is 7.82. The second-order valence-electron chi connectivity index (χ2n) is 4.52. The van der Waals surface area contributed by atoms with E-state index < -0.39 is 10.0 Å². The molecule has 0 aliphatic heterocycles. The van der Waals surface area contributed by atoms with Crippen molar-refractivity contribution in [2.24, 2.45) is 0 Å². The molecule has 2 aromatic rings. The number of sulfonamides is 1. The van der Waals surface area contributed by atoms with Crippen LogP contribution in [0.15, 0.2) is 46.2 Å². The molecule has 2 aromatic carbocycles. The summed E-state index contributed by atoms with van der Waals surface area (Å²) in [5, 5.41) is 10.9. The molecule has 0 unspecified atom stereocenters. The predicted molar refractivity (Wildman–Crippen MR) is 94.6 cm³/mol. The lowest BCUT2D eigenvalue weighted by molar-refractivity contribution is 0.601. The summed E-state index contributed by atoms with van der Waals surface area (Å²) in [6.07, 6.45) is 0.612. The summed E-state index contributed by atoms with van der Waals surface area (Å²) in [5.41, 5.74) is 1.23. The van der Waals surface area contributed by atoms with Gasteiger partial charge < -0.3 is 0 Å². The number of nitriles is 1. The summed E-state index contributed by atoms with van der Waals surface area (Å²) in [6, 6.07) is 9.54. The van der Waals surface area contributed by atoms with E-state index in [-0.39, 0.29) is 14.9 Å². The Morgan fingerprint density at radius 2 is 2.00 bits per heavy atom. The van der Waals surface area contributed by atoms with Gasteiger partial charge in [0.05, 0.1) is 15.7 Å². The molecule has 0 aromatic heterocycles. The summed E-state index contributed by atoms with van der Waals surface area (Å²) in [5.74, 6) is 0. The Bertz CT molecular complexity index is 878. The van der Waals surface area contributed by atoms with Gasteiger partial charge in [0, 0.05) is 4.90 Å². The molecule has 0 saturated heterocycles. The molecule has 0 saturated carbocycles. The van der Waals surface area contributed by atoms with E-state index >= 15 is 0 Å². The van der Waals surface area contributed by atoms with E-state index in [9.17, 15) is 8.42 Å². The van der Waals surface area contributed by atoms with Crippen molar-refractivity contribution in [3.63, 3.8) is 0 Å². The third kappa shape index (κ3) is 4.12. The third-order valence-corrected chi connectivity index (χ3v) is 5.99. The highest BCUT2D eigenvalue weighted by atomic mass is 35.5. The molecule has 8 heteroatoms. The maximum Gasteiger partial charge on any atom is 0.263 e. The van der Waals surface area contributed by atoms with Crippen LogP contribution in [0.1, 0.15) is 12.5 Å². The largest absolute Gasteiger partial charge is 0.279 e. The molecule has 23 heavy (non-hydrogen) atoms. The highest BCUT2D eigenvalue weighted by Crippen LogP contribution is 2.31. The quantitative estimate of drug-likeness (QED) is 0.583. The monoisotopic (exact) mass is 386 g/mol. The molecule has 4 nitrogen and oxygen atoms in total. The fraction of sp³-hybridized carbons (Fsp3) is 0.133. The lowest BCUT2D eigenvalue weighted by Crippen LogP contribution is -2.14. The van der Waals surface area contributed by atoms with Crippen LogP contribution in [0, 0.1) is 10.7 Å². The smallest absolute Gasteiger partial charge is 0.263 e. The van der Waals surface area contributed by atoms with Gasteiger partial charge in [0.15, 0.2) is 0 Å². The van der Waals surface area contributed by atoms with E-state index in [0.717, 1.165) is 22.2 Å². The van der Waals surface area contributed by atoms with Crippen molar-refractivity contribution in [3.05, 3.63) is 52.0 Å². The van der Waals surface area contributed by atoms with Gasteiger partial charge in [0.2, 0.25) is 0 Å². The van der Waals surface area contributed by atoms with Crippen LogP contribution in [0.3, 0.4) is 0 Å². The fourth-order valence-corrected chi connectivity index (χ4v) is 4.28. The first-order valence-corrected chi connectivity index (χ1v) is 9.60. The van der Waals surface area contributed by atoms with Crippen molar-refractivity contribution in [1.29, 1.82) is 5.26 Å². The maximum absolute atomic E-state index is 12.5. The van der Waals surface area contributed by atoms with Crippen molar-refractivity contribution < 1.29 is 8.42 Å². The Labute approximate surface area is 149 Å². The number of thioether (sulfide) groups is 1. The van der Waals surface area contributed by atoms with E-state index in [1.807, 2.05) is 12.3 Å². The van der Waals surface area contributed by atoms with Crippen LogP contribution in [0.4, 0.5) is 5.69 Å². The number of anilines is 1. The third-order valence-electron chi connectivity index (χ3n) is 3.07. The molecule has 1 N–H and O–H groups in total. The van der Waals surface area contributed by atoms with Crippen LogP contribution in [-0.2, 0) is 16.4 Å². The van der Waals surface area contributed by atoms with Gasteiger partial charge in [0.25, 0.3) is 10.0 Å². The molecule has 0 fully saturated rings. The van der Waals surface area contributed by atoms with Crippen molar-refractivity contribution in [2.45, 2.75) is 23.1 Å². The van der Waals surface area contributed by atoms with E-state index in [1.165, 1.54) is 18.2 Å². The van der Waals surface area contributed by atoms with Gasteiger partial charge in [-0.3, -0.25) is 4.72 Å². The molecule has 0 amide bonds. The van der Waals surface area contributed by atoms with Crippen LogP contribution in [0.5, 0.6) is 0 Å². The standard InChI is InChI=1S/C15H12Cl2N2O2S2/c1-2-10-8-11(22-9-18)6-7-13(10)19-23(20,21)14-5-3-4-12(16)15(14)17/h3-8,19H,2H2,1H3. The number of benzene rings is 2. The highest BCUT2D eigenvalue weighted by molar-refractivity contribution is 8.03. The zero-order chi connectivity index (χ0) is 17.0. The van der Waals surface area contributed by atoms with Crippen molar-refractivity contribution in [3.8, 4) is 5.40 Å². The number of nitrogens with zero attached hydrogens (tertiary/aromatic N) is 1. The van der Waals surface area contributed by atoms with Crippen LogP contribution in [0.25, 0.3) is 0 Å². The van der Waals surface area contributed by atoms with E-state index in [0.29, 0.717) is 12.1 Å². The average molecular weight is 387 g/mol. The molecule has 0 heterocycles. The molecule has 0 atom stereocenters. The highest BCUT2D eigenvalue weighted by Gasteiger charge is 2.20. The van der Waals surface area contributed by atoms with Crippen molar-refractivity contribution in [1.82, 2.24) is 0 Å². The summed E-state index contributed by atoms with van der Waals surface area (Å²) >= 11 is 12.9. The molecule has 0 aliphatic carbocycles. The zero-order valence-electron chi connectivity index (χ0n) is 12.0. The van der Waals surface area contributed by atoms with Crippen LogP contribution in [-0.4, -0.2) is 8.42 Å². The van der Waals surface area contributed by atoms with E-state index in [2.05, 4.69) is 4.72 Å². The minimum absolute atomic E-state index is 0.0172. The number of thiocyanates is 1. The molecule has 120 valence electrons. The lowest BCUT2D eigenvalue weighted by atomic mass is 10.1. The summed E-state index contributed by atoms with van der Waals surface area (Å²) < 4.78 is 27.6. The van der Waals surface area contributed by atoms with Crippen molar-refractivity contribution >= 4 is 50.7 Å². The van der Waals surface area contributed by atoms with Gasteiger partial charge in [-0.2, -0.15) is 5.26 Å². The second kappa shape index (κ2) is 7.45. The zero-order valence-corrected chi connectivity index (χ0v) is 15.2. The maximum atomic E-state index is 12.5. The van der Waals surface area contributed by atoms with E-state index in [1.54, 1.807) is 18.2 Å². The number of nitrogens with one attached hydrogen (secondary N) is 1. The summed E-state index contributed by atoms with van der Waals surface area (Å²) in [6.45, 7) is 1.90. The van der Waals surface area contributed by atoms with Gasteiger partial charge >= 0.3 is 0 Å². The van der Waals surface area contributed by atoms with Gasteiger partial charge in [-0.05, 0) is 54.1 Å². The Morgan fingerprint density at radius 3 is 2.65 bits per heavy atom. The van der Waals surface area contributed by atoms with Crippen LogP contribution in [0.2, 0.25) is 10.0 Å². The SMILES string of the molecule is CCc1cc(SC#N)ccc1NS(=O)(=O)c1cccc(Cl)c1Cl. The van der Waals surface area contributed by atoms with Gasteiger partial charge in [-0.15, -0.1) is 0 Å². The molecular formula is C15H12Cl2N2O2S2. The van der Waals surface area contributed by atoms with Gasteiger partial charge in [-0.1, -0.05) is 36.2 Å². The van der Waals surface area contributed by atoms with Crippen LogP contribution >= 0.6 is 35.0 Å². The Hall–Kier alpha value is -1.39. The summed E-state index contributed by atoms with van der Waals surface area (Å²) in [4.78, 5) is 0.678. The first kappa shape index (κ1) is 18.0. The molecule has 0 bridgehead atoms. The van der Waals surface area contributed by atoms with E-state index in [4.69, 9.17) is 28.5 Å². The first-order chi connectivity index (χ1) is 10.9. The minimum Gasteiger partial charge on any atom is -0.279 e. The molecule has 0 aliphatic rings. The van der Waals surface area contributed by atoms with Gasteiger partial charge in [-0.25, -0.2) is 8.42 Å². The average Bonchev–Trinajstić information content (AvgIpc) is 2.51. The van der Waals surface area contributed by atoms with Crippen LogP contribution < -0.4 is 4.72 Å². The number of hydrogen-bond acceptors (Lipinski definition) is 4. The number of halogens is 2. The Balaban J connectivity index is 2.41. The lowest BCUT2D eigenvalue weighted by Gasteiger charge is -2.13. The molecule has 2 rings (SSSR count). The summed E-state index contributed by atoms with van der Waals surface area (Å²) in [7, 11) is -3.86. The fourth-order valence-electron chi connectivity index (χ4n) is 1.97. The van der Waals surface area contributed by atoms with Crippen molar-refractivity contribution in [2.75, 3.05) is 4.72 Å². The number of aryl methyl sites for hydroxylation is 1. The predicted octanol–water partition coefficient (Wildman–Crippen LogP) is 4.93. The Kier molecular flexibility index (Phi) is 5.82. The Morgan fingerprint density at radius 1 is 1.26 bits per heavy atom. The molecule has 0 radical (unpaired) electrons. The molecular weight excluding hydrogens is 375 g/mol. The first-order valence-electron chi connectivity index (χ1n) is 6.54. The van der Waals surface area contributed by atoms with Gasteiger partial charge in [0.1, 0.15) is 10.3 Å². The topological polar surface area (TPSA) is 70.0 Å². The number of rotatable bonds is 5. The number of hydrogen-bond donors (Lipinski definition) is 1. The minimum atomic E-state index is -3.86. The normalized spacial score (nSPS) is 11.0. The molecule has 0 spiro atoms.